The number of non-ortho nitro benzene ring substituents is 1. The maximum absolute atomic E-state index is 13.1. The van der Waals surface area contributed by atoms with E-state index in [1.54, 1.807) is 13.0 Å². The molecule has 3 aromatic rings. The fourth-order valence-corrected chi connectivity index (χ4v) is 5.79. The van der Waals surface area contributed by atoms with Crippen molar-refractivity contribution in [2.24, 2.45) is 0 Å². The molecule has 1 aliphatic heterocycles. The molecule has 34 heavy (non-hydrogen) atoms. The predicted octanol–water partition coefficient (Wildman–Crippen LogP) is 3.95. The first kappa shape index (κ1) is 23.6. The number of nitro benzene ring substituents is 1. The summed E-state index contributed by atoms with van der Waals surface area (Å²) in [7, 11) is -3.81. The van der Waals surface area contributed by atoms with E-state index in [1.807, 2.05) is 42.5 Å². The Morgan fingerprint density at radius 3 is 2.32 bits per heavy atom. The molecule has 0 radical (unpaired) electrons. The fourth-order valence-electron chi connectivity index (χ4n) is 4.13. The van der Waals surface area contributed by atoms with Gasteiger partial charge < -0.3 is 0 Å². The highest BCUT2D eigenvalue weighted by Crippen LogP contribution is 2.27. The van der Waals surface area contributed by atoms with E-state index in [2.05, 4.69) is 11.0 Å². The summed E-state index contributed by atoms with van der Waals surface area (Å²) in [5.41, 5.74) is 3.86. The van der Waals surface area contributed by atoms with Crippen molar-refractivity contribution < 1.29 is 13.3 Å². The van der Waals surface area contributed by atoms with Gasteiger partial charge in [0.1, 0.15) is 0 Å². The Kier molecular flexibility index (Phi) is 6.75. The van der Waals surface area contributed by atoms with Crippen molar-refractivity contribution in [1.29, 1.82) is 5.26 Å². The SMILES string of the molecule is Cc1ccc([N+](=O)[O-])cc1S(=O)(=O)N1CCN(Cc2ccc(-c3ccccc3C#N)cc2)CC1. The summed E-state index contributed by atoms with van der Waals surface area (Å²) in [6, 6.07) is 21.7. The second-order valence-corrected chi connectivity index (χ2v) is 10.1. The van der Waals surface area contributed by atoms with Gasteiger partial charge in [-0.1, -0.05) is 48.5 Å². The molecule has 0 N–H and O–H groups in total. The molecule has 9 heteroatoms. The van der Waals surface area contributed by atoms with E-state index < -0.39 is 14.9 Å². The van der Waals surface area contributed by atoms with Gasteiger partial charge in [0.05, 0.1) is 21.5 Å². The number of piperazine rings is 1. The van der Waals surface area contributed by atoms with Gasteiger partial charge in [-0.15, -0.1) is 0 Å². The Bertz CT molecular complexity index is 1360. The summed E-state index contributed by atoms with van der Waals surface area (Å²) < 4.78 is 27.7. The van der Waals surface area contributed by atoms with Crippen LogP contribution in [-0.4, -0.2) is 48.7 Å². The van der Waals surface area contributed by atoms with Crippen molar-refractivity contribution in [3.05, 3.63) is 93.5 Å². The number of benzene rings is 3. The molecule has 0 amide bonds. The van der Waals surface area contributed by atoms with Crippen molar-refractivity contribution in [2.45, 2.75) is 18.4 Å². The quantitative estimate of drug-likeness (QED) is 0.394. The molecule has 0 spiro atoms. The maximum Gasteiger partial charge on any atom is 0.270 e. The van der Waals surface area contributed by atoms with Crippen molar-refractivity contribution >= 4 is 15.7 Å². The lowest BCUT2D eigenvalue weighted by Gasteiger charge is -2.34. The molecule has 0 bridgehead atoms. The van der Waals surface area contributed by atoms with Crippen LogP contribution in [0.5, 0.6) is 0 Å². The second kappa shape index (κ2) is 9.73. The number of sulfonamides is 1. The third-order valence-corrected chi connectivity index (χ3v) is 8.09. The maximum atomic E-state index is 13.1. The molecule has 1 heterocycles. The molecule has 174 valence electrons. The van der Waals surface area contributed by atoms with Crippen LogP contribution in [0.4, 0.5) is 5.69 Å². The number of nitrogens with zero attached hydrogens (tertiary/aromatic N) is 4. The highest BCUT2D eigenvalue weighted by atomic mass is 32.2. The lowest BCUT2D eigenvalue weighted by molar-refractivity contribution is -0.385. The predicted molar refractivity (Wildman–Crippen MR) is 128 cm³/mol. The van der Waals surface area contributed by atoms with Gasteiger partial charge in [0.15, 0.2) is 0 Å². The molecule has 4 rings (SSSR count). The number of nitriles is 1. The topological polar surface area (TPSA) is 108 Å². The van der Waals surface area contributed by atoms with Crippen LogP contribution in [0.25, 0.3) is 11.1 Å². The monoisotopic (exact) mass is 476 g/mol. The minimum atomic E-state index is -3.81. The van der Waals surface area contributed by atoms with Crippen LogP contribution in [0.3, 0.4) is 0 Å². The molecule has 1 fully saturated rings. The van der Waals surface area contributed by atoms with Crippen LogP contribution in [-0.2, 0) is 16.6 Å². The zero-order valence-electron chi connectivity index (χ0n) is 18.7. The molecule has 3 aromatic carbocycles. The van der Waals surface area contributed by atoms with Gasteiger partial charge in [0.25, 0.3) is 5.69 Å². The van der Waals surface area contributed by atoms with Crippen molar-refractivity contribution in [3.8, 4) is 17.2 Å². The number of nitro groups is 1. The molecule has 0 aromatic heterocycles. The van der Waals surface area contributed by atoms with E-state index in [0.29, 0.717) is 43.9 Å². The van der Waals surface area contributed by atoms with E-state index >= 15 is 0 Å². The van der Waals surface area contributed by atoms with Gasteiger partial charge in [0, 0.05) is 44.9 Å². The zero-order valence-corrected chi connectivity index (χ0v) is 19.5. The molecular formula is C25H24N4O4S. The lowest BCUT2D eigenvalue weighted by Crippen LogP contribution is -2.48. The minimum absolute atomic E-state index is 0.0108. The Labute approximate surface area is 198 Å². The summed E-state index contributed by atoms with van der Waals surface area (Å²) in [6.07, 6.45) is 0. The van der Waals surface area contributed by atoms with Gasteiger partial charge in [-0.3, -0.25) is 15.0 Å². The summed E-state index contributed by atoms with van der Waals surface area (Å²) >= 11 is 0. The highest BCUT2D eigenvalue weighted by molar-refractivity contribution is 7.89. The smallest absolute Gasteiger partial charge is 0.270 e. The van der Waals surface area contributed by atoms with Crippen molar-refractivity contribution in [3.63, 3.8) is 0 Å². The summed E-state index contributed by atoms with van der Waals surface area (Å²) in [4.78, 5) is 12.7. The zero-order chi connectivity index (χ0) is 24.3. The van der Waals surface area contributed by atoms with Crippen LogP contribution >= 0.6 is 0 Å². The Balaban J connectivity index is 1.41. The molecule has 0 atom stereocenters. The van der Waals surface area contributed by atoms with Crippen molar-refractivity contribution in [1.82, 2.24) is 9.21 Å². The van der Waals surface area contributed by atoms with Crippen LogP contribution in [0, 0.1) is 28.4 Å². The molecule has 0 saturated carbocycles. The minimum Gasteiger partial charge on any atom is -0.296 e. The first-order chi connectivity index (χ1) is 16.3. The van der Waals surface area contributed by atoms with Crippen LogP contribution in [0.15, 0.2) is 71.6 Å². The summed E-state index contributed by atoms with van der Waals surface area (Å²) in [5.74, 6) is 0. The van der Waals surface area contributed by atoms with Crippen LogP contribution in [0.2, 0.25) is 0 Å². The number of aryl methyl sites for hydroxylation is 1. The standard InChI is InChI=1S/C25H24N4O4S/c1-19-6-11-23(29(30)31)16-25(19)34(32,33)28-14-12-27(13-15-28)18-20-7-9-21(10-8-20)24-5-3-2-4-22(24)17-26/h2-11,16H,12-15,18H2,1H3. The average Bonchev–Trinajstić information content (AvgIpc) is 2.85. The highest BCUT2D eigenvalue weighted by Gasteiger charge is 2.30. The Hall–Kier alpha value is -3.58. The summed E-state index contributed by atoms with van der Waals surface area (Å²) in [6.45, 7) is 4.09. The Morgan fingerprint density at radius 2 is 1.68 bits per heavy atom. The molecular weight excluding hydrogens is 452 g/mol. The molecule has 0 unspecified atom stereocenters. The van der Waals surface area contributed by atoms with E-state index in [0.717, 1.165) is 22.8 Å². The first-order valence-corrected chi connectivity index (χ1v) is 12.3. The number of rotatable bonds is 6. The molecule has 1 aliphatic rings. The lowest BCUT2D eigenvalue weighted by atomic mass is 9.99. The normalized spacial score (nSPS) is 15.1. The average molecular weight is 477 g/mol. The van der Waals surface area contributed by atoms with Gasteiger partial charge in [-0.25, -0.2) is 8.42 Å². The van der Waals surface area contributed by atoms with Crippen molar-refractivity contribution in [2.75, 3.05) is 26.2 Å². The Morgan fingerprint density at radius 1 is 1.00 bits per heavy atom. The third-order valence-electron chi connectivity index (χ3n) is 6.05. The number of hydrogen-bond donors (Lipinski definition) is 0. The van der Waals surface area contributed by atoms with Gasteiger partial charge in [-0.05, 0) is 35.2 Å². The molecule has 1 saturated heterocycles. The van der Waals surface area contributed by atoms with Gasteiger partial charge in [-0.2, -0.15) is 9.57 Å². The van der Waals surface area contributed by atoms with Gasteiger partial charge >= 0.3 is 0 Å². The van der Waals surface area contributed by atoms with Gasteiger partial charge in [0.2, 0.25) is 10.0 Å². The fraction of sp³-hybridized carbons (Fsp3) is 0.240. The first-order valence-electron chi connectivity index (χ1n) is 10.9. The second-order valence-electron chi connectivity index (χ2n) is 8.24. The third kappa shape index (κ3) is 4.84. The van der Waals surface area contributed by atoms with E-state index in [-0.39, 0.29) is 10.6 Å². The molecule has 8 nitrogen and oxygen atoms in total. The summed E-state index contributed by atoms with van der Waals surface area (Å²) in [5, 5.41) is 20.4. The van der Waals surface area contributed by atoms with E-state index in [4.69, 9.17) is 0 Å². The van der Waals surface area contributed by atoms with E-state index in [1.165, 1.54) is 16.4 Å². The largest absolute Gasteiger partial charge is 0.296 e. The van der Waals surface area contributed by atoms with E-state index in [9.17, 15) is 23.8 Å². The molecule has 0 aliphatic carbocycles. The number of hydrogen-bond acceptors (Lipinski definition) is 6. The van der Waals surface area contributed by atoms with Crippen LogP contribution < -0.4 is 0 Å². The van der Waals surface area contributed by atoms with Crippen LogP contribution in [0.1, 0.15) is 16.7 Å².